The van der Waals surface area contributed by atoms with Crippen LogP contribution >= 0.6 is 11.3 Å². The topological polar surface area (TPSA) is 59.1 Å². The molecule has 3 aromatic carbocycles. The van der Waals surface area contributed by atoms with Crippen molar-refractivity contribution in [1.82, 2.24) is 4.98 Å². The lowest BCUT2D eigenvalue weighted by Gasteiger charge is -2.07. The molecule has 1 aromatic heterocycles. The summed E-state index contributed by atoms with van der Waals surface area (Å²) in [5.74, 6) is 0.463. The van der Waals surface area contributed by atoms with Gasteiger partial charge in [0.05, 0.1) is 10.6 Å². The van der Waals surface area contributed by atoms with E-state index in [1.807, 2.05) is 60.0 Å². The van der Waals surface area contributed by atoms with E-state index in [-0.39, 0.29) is 4.90 Å². The van der Waals surface area contributed by atoms with E-state index >= 15 is 0 Å². The molecule has 0 fully saturated rings. The van der Waals surface area contributed by atoms with Crippen LogP contribution in [0.4, 0.5) is 5.13 Å². The monoisotopic (exact) mass is 434 g/mol. The molecule has 30 heavy (non-hydrogen) atoms. The Balaban J connectivity index is 1.51. The smallest absolute Gasteiger partial charge is 0.255 e. The minimum atomic E-state index is -3.70. The predicted molar refractivity (Wildman–Crippen MR) is 124 cm³/mol. The average Bonchev–Trinajstić information content (AvgIpc) is 3.22. The van der Waals surface area contributed by atoms with Crippen LogP contribution in [0.15, 0.2) is 89.1 Å². The molecule has 0 aliphatic heterocycles. The van der Waals surface area contributed by atoms with Crippen LogP contribution in [0.5, 0.6) is 0 Å². The first-order valence-corrected chi connectivity index (χ1v) is 12.0. The van der Waals surface area contributed by atoms with Crippen molar-refractivity contribution in [2.24, 2.45) is 0 Å². The van der Waals surface area contributed by atoms with Crippen molar-refractivity contribution in [3.8, 4) is 22.4 Å². The summed E-state index contributed by atoms with van der Waals surface area (Å²) in [6.45, 7) is 4.30. The fourth-order valence-corrected chi connectivity index (χ4v) is 5.10. The lowest BCUT2D eigenvalue weighted by Crippen LogP contribution is -2.12. The number of rotatable bonds is 6. The second-order valence-corrected chi connectivity index (χ2v) is 9.85. The lowest BCUT2D eigenvalue weighted by atomic mass is 10.0. The molecule has 152 valence electrons. The SMILES string of the molecule is CC(C)c1ccc(-c2csc(NS(=O)(=O)c3ccc(-c4ccccc4)cc3)n2)cc1. The van der Waals surface area contributed by atoms with Crippen LogP contribution in [0, 0.1) is 0 Å². The van der Waals surface area contributed by atoms with Crippen molar-refractivity contribution >= 4 is 26.5 Å². The summed E-state index contributed by atoms with van der Waals surface area (Å²) in [5.41, 5.74) is 4.99. The molecule has 0 saturated carbocycles. The first-order chi connectivity index (χ1) is 14.4. The molecule has 0 spiro atoms. The Morgan fingerprint density at radius 3 is 2.03 bits per heavy atom. The molecule has 4 aromatic rings. The molecule has 0 saturated heterocycles. The van der Waals surface area contributed by atoms with Crippen LogP contribution in [0.25, 0.3) is 22.4 Å². The predicted octanol–water partition coefficient (Wildman–Crippen LogP) is 6.40. The highest BCUT2D eigenvalue weighted by atomic mass is 32.2. The van der Waals surface area contributed by atoms with E-state index in [1.165, 1.54) is 16.9 Å². The van der Waals surface area contributed by atoms with E-state index in [4.69, 9.17) is 0 Å². The number of anilines is 1. The summed E-state index contributed by atoms with van der Waals surface area (Å²) in [5, 5.41) is 2.21. The van der Waals surface area contributed by atoms with Crippen molar-refractivity contribution in [1.29, 1.82) is 0 Å². The number of sulfonamides is 1. The molecule has 6 heteroatoms. The van der Waals surface area contributed by atoms with E-state index in [0.717, 1.165) is 22.4 Å². The number of hydrogen-bond donors (Lipinski definition) is 1. The van der Waals surface area contributed by atoms with Crippen molar-refractivity contribution in [3.05, 3.63) is 89.8 Å². The van der Waals surface area contributed by atoms with Gasteiger partial charge in [-0.3, -0.25) is 4.72 Å². The molecule has 0 unspecified atom stereocenters. The number of aromatic nitrogens is 1. The first kappa shape index (κ1) is 20.3. The molecular formula is C24H22N2O2S2. The molecule has 0 aliphatic rings. The van der Waals surface area contributed by atoms with Gasteiger partial charge in [-0.15, -0.1) is 11.3 Å². The van der Waals surface area contributed by atoms with Crippen LogP contribution < -0.4 is 4.72 Å². The zero-order valence-electron chi connectivity index (χ0n) is 16.7. The summed E-state index contributed by atoms with van der Waals surface area (Å²) in [7, 11) is -3.70. The fraction of sp³-hybridized carbons (Fsp3) is 0.125. The first-order valence-electron chi connectivity index (χ1n) is 9.66. The molecule has 0 radical (unpaired) electrons. The Bertz CT molecular complexity index is 1230. The van der Waals surface area contributed by atoms with Crippen molar-refractivity contribution in [3.63, 3.8) is 0 Å². The molecule has 1 N–H and O–H groups in total. The van der Waals surface area contributed by atoms with E-state index in [2.05, 4.69) is 35.7 Å². The second-order valence-electron chi connectivity index (χ2n) is 7.31. The van der Waals surface area contributed by atoms with Crippen LogP contribution in [0.3, 0.4) is 0 Å². The lowest BCUT2D eigenvalue weighted by molar-refractivity contribution is 0.601. The quantitative estimate of drug-likeness (QED) is 0.382. The average molecular weight is 435 g/mol. The highest BCUT2D eigenvalue weighted by Gasteiger charge is 2.17. The van der Waals surface area contributed by atoms with Crippen LogP contribution in [0.2, 0.25) is 0 Å². The highest BCUT2D eigenvalue weighted by molar-refractivity contribution is 7.93. The molecule has 4 nitrogen and oxygen atoms in total. The summed E-state index contributed by atoms with van der Waals surface area (Å²) >= 11 is 1.28. The molecular weight excluding hydrogens is 412 g/mol. The number of nitrogens with one attached hydrogen (secondary N) is 1. The van der Waals surface area contributed by atoms with E-state index in [1.54, 1.807) is 12.1 Å². The van der Waals surface area contributed by atoms with E-state index < -0.39 is 10.0 Å². The maximum Gasteiger partial charge on any atom is 0.263 e. The minimum Gasteiger partial charge on any atom is -0.255 e. The third-order valence-corrected chi connectivity index (χ3v) is 7.11. The normalized spacial score (nSPS) is 11.6. The third kappa shape index (κ3) is 4.45. The van der Waals surface area contributed by atoms with Crippen molar-refractivity contribution in [2.75, 3.05) is 4.72 Å². The Morgan fingerprint density at radius 2 is 1.40 bits per heavy atom. The second kappa shape index (κ2) is 8.42. The van der Waals surface area contributed by atoms with E-state index in [0.29, 0.717) is 11.0 Å². The van der Waals surface area contributed by atoms with E-state index in [9.17, 15) is 8.42 Å². The molecule has 4 rings (SSSR count). The number of benzene rings is 3. The molecule has 0 atom stereocenters. The van der Waals surface area contributed by atoms with Gasteiger partial charge in [-0.1, -0.05) is 80.6 Å². The Morgan fingerprint density at radius 1 is 0.800 bits per heavy atom. The summed E-state index contributed by atoms with van der Waals surface area (Å²) in [4.78, 5) is 4.67. The number of nitrogens with zero attached hydrogens (tertiary/aromatic N) is 1. The van der Waals surface area contributed by atoms with Gasteiger partial charge < -0.3 is 0 Å². The summed E-state index contributed by atoms with van der Waals surface area (Å²) in [6, 6.07) is 24.9. The Kier molecular flexibility index (Phi) is 5.70. The molecule has 0 amide bonds. The maximum atomic E-state index is 12.8. The van der Waals surface area contributed by atoms with Crippen LogP contribution in [-0.4, -0.2) is 13.4 Å². The molecule has 0 aliphatic carbocycles. The molecule has 0 bridgehead atoms. The van der Waals surface area contributed by atoms with Gasteiger partial charge in [0.25, 0.3) is 10.0 Å². The van der Waals surface area contributed by atoms with Gasteiger partial charge >= 0.3 is 0 Å². The van der Waals surface area contributed by atoms with Crippen molar-refractivity contribution < 1.29 is 8.42 Å². The third-order valence-electron chi connectivity index (χ3n) is 4.87. The van der Waals surface area contributed by atoms with Gasteiger partial charge in [-0.25, -0.2) is 13.4 Å². The largest absolute Gasteiger partial charge is 0.263 e. The Hall–Kier alpha value is -2.96. The standard InChI is InChI=1S/C24H22N2O2S2/c1-17(2)18-8-10-21(11-9-18)23-16-29-24(25-23)26-30(27,28)22-14-12-20(13-15-22)19-6-4-3-5-7-19/h3-17H,1-2H3,(H,25,26). The Labute approximate surface area is 181 Å². The molecule has 1 heterocycles. The highest BCUT2D eigenvalue weighted by Crippen LogP contribution is 2.28. The summed E-state index contributed by atoms with van der Waals surface area (Å²) < 4.78 is 28.1. The van der Waals surface area contributed by atoms with Gasteiger partial charge in [0.1, 0.15) is 0 Å². The van der Waals surface area contributed by atoms with Crippen molar-refractivity contribution in [2.45, 2.75) is 24.7 Å². The zero-order valence-corrected chi connectivity index (χ0v) is 18.4. The maximum absolute atomic E-state index is 12.8. The minimum absolute atomic E-state index is 0.209. The van der Waals surface area contributed by atoms with Gasteiger partial charge in [0.2, 0.25) is 0 Å². The van der Waals surface area contributed by atoms with Crippen LogP contribution in [0.1, 0.15) is 25.3 Å². The van der Waals surface area contributed by atoms with Gasteiger partial charge in [0.15, 0.2) is 5.13 Å². The van der Waals surface area contributed by atoms with Gasteiger partial charge in [-0.2, -0.15) is 0 Å². The summed E-state index contributed by atoms with van der Waals surface area (Å²) in [6.07, 6.45) is 0. The number of thiazole rings is 1. The van der Waals surface area contributed by atoms with Crippen LogP contribution in [-0.2, 0) is 10.0 Å². The number of hydrogen-bond acceptors (Lipinski definition) is 4. The van der Waals surface area contributed by atoms with Gasteiger partial charge in [0, 0.05) is 10.9 Å². The van der Waals surface area contributed by atoms with Gasteiger partial charge in [-0.05, 0) is 34.7 Å². The zero-order chi connectivity index (χ0) is 21.1. The fourth-order valence-electron chi connectivity index (χ4n) is 3.12.